The van der Waals surface area contributed by atoms with Gasteiger partial charge < -0.3 is 4.74 Å². The maximum atomic E-state index is 13.9. The Morgan fingerprint density at radius 3 is 2.45 bits per heavy atom. The highest BCUT2D eigenvalue weighted by atomic mass is 35.5. The lowest BCUT2D eigenvalue weighted by atomic mass is 10.00. The number of methoxy groups -OCH3 is 1. The molecule has 0 aliphatic heterocycles. The maximum Gasteiger partial charge on any atom is 0.417 e. The Morgan fingerprint density at radius 1 is 1.26 bits per heavy atom. The Balaban J connectivity index is 2.35. The molecule has 1 heterocycles. The summed E-state index contributed by atoms with van der Waals surface area (Å²) in [5, 5.41) is 7.55. The molecular formula is C19H14ClF3N2O5S. The summed E-state index contributed by atoms with van der Waals surface area (Å²) >= 11 is 6.24. The molecule has 31 heavy (non-hydrogen) atoms. The lowest BCUT2D eigenvalue weighted by molar-refractivity contribution is -0.136. The van der Waals surface area contributed by atoms with E-state index in [1.807, 2.05) is 0 Å². The van der Waals surface area contributed by atoms with Gasteiger partial charge in [0.15, 0.2) is 9.84 Å². The summed E-state index contributed by atoms with van der Waals surface area (Å²) in [6, 6.07) is 8.48. The molecule has 2 N–H and O–H groups in total. The first kappa shape index (κ1) is 22.8. The molecular weight excluding hydrogens is 461 g/mol. The monoisotopic (exact) mass is 474 g/mol. The summed E-state index contributed by atoms with van der Waals surface area (Å²) in [7, 11) is -2.80. The first-order chi connectivity index (χ1) is 14.5. The van der Waals surface area contributed by atoms with Gasteiger partial charge in [-0.2, -0.15) is 13.2 Å². The van der Waals surface area contributed by atoms with Crippen LogP contribution in [0.25, 0.3) is 10.9 Å². The highest BCUT2D eigenvalue weighted by Gasteiger charge is 2.39. The highest BCUT2D eigenvalue weighted by Crippen LogP contribution is 2.44. The van der Waals surface area contributed by atoms with Crippen molar-refractivity contribution in [2.45, 2.75) is 16.8 Å². The number of nitrogens with zero attached hydrogens (tertiary/aromatic N) is 1. The summed E-state index contributed by atoms with van der Waals surface area (Å²) in [6.45, 7) is 0. The number of aromatic nitrogens is 1. The fourth-order valence-electron chi connectivity index (χ4n) is 3.07. The molecule has 3 aromatic rings. The van der Waals surface area contributed by atoms with Crippen LogP contribution in [0.2, 0.25) is 5.02 Å². The van der Waals surface area contributed by atoms with Gasteiger partial charge in [-0.3, -0.25) is 15.0 Å². The largest absolute Gasteiger partial charge is 0.494 e. The van der Waals surface area contributed by atoms with Crippen LogP contribution in [0.4, 0.5) is 13.2 Å². The highest BCUT2D eigenvalue weighted by molar-refractivity contribution is 7.90. The van der Waals surface area contributed by atoms with E-state index in [1.165, 1.54) is 37.4 Å². The predicted octanol–water partition coefficient (Wildman–Crippen LogP) is 4.01. The first-order valence-corrected chi connectivity index (χ1v) is 10.5. The van der Waals surface area contributed by atoms with Crippen molar-refractivity contribution in [1.29, 1.82) is 0 Å². The molecule has 7 nitrogen and oxygen atoms in total. The van der Waals surface area contributed by atoms with Crippen molar-refractivity contribution in [3.05, 3.63) is 64.3 Å². The predicted molar refractivity (Wildman–Crippen MR) is 105 cm³/mol. The number of carbonyl (C=O) groups is 1. The van der Waals surface area contributed by atoms with Crippen LogP contribution >= 0.6 is 11.6 Å². The third-order valence-electron chi connectivity index (χ3n) is 4.42. The minimum absolute atomic E-state index is 0.0484. The van der Waals surface area contributed by atoms with Crippen molar-refractivity contribution >= 4 is 38.2 Å². The number of nitrogens with one attached hydrogen (secondary N) is 1. The number of alkyl halides is 3. The Bertz CT molecular complexity index is 1270. The van der Waals surface area contributed by atoms with Crippen molar-refractivity contribution in [2.75, 3.05) is 7.11 Å². The zero-order valence-electron chi connectivity index (χ0n) is 15.7. The molecule has 0 radical (unpaired) electrons. The number of hydroxylamine groups is 1. The Kier molecular flexibility index (Phi) is 6.12. The number of carbonyl (C=O) groups excluding carboxylic acids is 1. The Labute approximate surface area is 179 Å². The fourth-order valence-corrected chi connectivity index (χ4v) is 4.83. The van der Waals surface area contributed by atoms with Gasteiger partial charge in [-0.15, -0.1) is 0 Å². The van der Waals surface area contributed by atoms with Gasteiger partial charge in [0.25, 0.3) is 5.91 Å². The van der Waals surface area contributed by atoms with E-state index in [0.717, 1.165) is 5.48 Å². The normalized spacial score (nSPS) is 12.1. The van der Waals surface area contributed by atoms with Gasteiger partial charge in [-0.05, 0) is 23.8 Å². The van der Waals surface area contributed by atoms with E-state index >= 15 is 0 Å². The number of halogens is 4. The van der Waals surface area contributed by atoms with Crippen molar-refractivity contribution in [3.8, 4) is 5.75 Å². The van der Waals surface area contributed by atoms with Crippen LogP contribution in [0.3, 0.4) is 0 Å². The topological polar surface area (TPSA) is 106 Å². The fraction of sp³-hybridized carbons (Fsp3) is 0.158. The molecule has 0 unspecified atom stereocenters. The Hall–Kier alpha value is -2.89. The van der Waals surface area contributed by atoms with Gasteiger partial charge in [-0.25, -0.2) is 13.9 Å². The molecule has 3 rings (SSSR count). The number of pyridine rings is 1. The lowest BCUT2D eigenvalue weighted by Gasteiger charge is -2.18. The third-order valence-corrected chi connectivity index (χ3v) is 6.53. The standard InChI is InChI=1S/C19H14ClF3N2O5S/c1-30-13-7-10(9-31(28,29)11-5-3-2-4-6-11)16(20)14-15(19(21,22)23)12(18(26)25-27)8-24-17(13)14/h2-8,27H,9H2,1H3,(H,25,26). The summed E-state index contributed by atoms with van der Waals surface area (Å²) in [5.41, 5.74) is -1.84. The second-order valence-electron chi connectivity index (χ2n) is 6.33. The molecule has 0 aliphatic carbocycles. The van der Waals surface area contributed by atoms with Crippen LogP contribution in [-0.4, -0.2) is 31.6 Å². The number of sulfone groups is 1. The SMILES string of the molecule is COc1cc(CS(=O)(=O)c2ccccc2)c(Cl)c2c(C(F)(F)F)c(C(=O)NO)cnc12. The third kappa shape index (κ3) is 4.29. The zero-order valence-corrected chi connectivity index (χ0v) is 17.3. The van der Waals surface area contributed by atoms with Crippen LogP contribution in [0.1, 0.15) is 21.5 Å². The van der Waals surface area contributed by atoms with Gasteiger partial charge in [0, 0.05) is 11.6 Å². The van der Waals surface area contributed by atoms with Crippen LogP contribution in [0.5, 0.6) is 5.75 Å². The molecule has 2 aromatic carbocycles. The number of fused-ring (bicyclic) bond motifs is 1. The minimum Gasteiger partial charge on any atom is -0.494 e. The van der Waals surface area contributed by atoms with Crippen molar-refractivity contribution in [1.82, 2.24) is 10.5 Å². The van der Waals surface area contributed by atoms with E-state index < -0.39 is 49.2 Å². The van der Waals surface area contributed by atoms with E-state index in [9.17, 15) is 26.4 Å². The minimum atomic E-state index is -5.09. The molecule has 0 spiro atoms. The van der Waals surface area contributed by atoms with Crippen molar-refractivity contribution < 1.29 is 36.3 Å². The average molecular weight is 475 g/mol. The van der Waals surface area contributed by atoms with Gasteiger partial charge in [0.05, 0.1) is 33.9 Å². The van der Waals surface area contributed by atoms with E-state index in [0.29, 0.717) is 6.20 Å². The van der Waals surface area contributed by atoms with Crippen LogP contribution < -0.4 is 10.2 Å². The Morgan fingerprint density at radius 2 is 1.90 bits per heavy atom. The smallest absolute Gasteiger partial charge is 0.417 e. The molecule has 0 saturated carbocycles. The number of hydrogen-bond acceptors (Lipinski definition) is 6. The maximum absolute atomic E-state index is 13.9. The van der Waals surface area contributed by atoms with Gasteiger partial charge in [0.2, 0.25) is 0 Å². The van der Waals surface area contributed by atoms with Crippen molar-refractivity contribution in [2.24, 2.45) is 0 Å². The van der Waals surface area contributed by atoms with Crippen LogP contribution in [0, 0.1) is 0 Å². The van der Waals surface area contributed by atoms with E-state index in [4.69, 9.17) is 21.5 Å². The molecule has 0 atom stereocenters. The molecule has 0 bridgehead atoms. The van der Waals surface area contributed by atoms with Crippen LogP contribution in [0.15, 0.2) is 47.5 Å². The van der Waals surface area contributed by atoms with Gasteiger partial charge in [0.1, 0.15) is 11.3 Å². The molecule has 1 aromatic heterocycles. The van der Waals surface area contributed by atoms with E-state index in [2.05, 4.69) is 4.98 Å². The molecule has 12 heteroatoms. The van der Waals surface area contributed by atoms with E-state index in [1.54, 1.807) is 6.07 Å². The zero-order chi connectivity index (χ0) is 23.0. The second kappa shape index (κ2) is 8.33. The summed E-state index contributed by atoms with van der Waals surface area (Å²) in [5.74, 6) is -2.35. The number of ether oxygens (including phenoxy) is 1. The molecule has 0 fully saturated rings. The molecule has 1 amide bonds. The summed E-state index contributed by atoms with van der Waals surface area (Å²) in [6.07, 6.45) is -4.47. The summed E-state index contributed by atoms with van der Waals surface area (Å²) in [4.78, 5) is 15.6. The summed E-state index contributed by atoms with van der Waals surface area (Å²) < 4.78 is 72.4. The number of benzene rings is 2. The second-order valence-corrected chi connectivity index (χ2v) is 8.70. The number of rotatable bonds is 5. The molecule has 0 saturated heterocycles. The average Bonchev–Trinajstić information content (AvgIpc) is 2.74. The van der Waals surface area contributed by atoms with Crippen LogP contribution in [-0.2, 0) is 21.8 Å². The number of hydrogen-bond donors (Lipinski definition) is 2. The molecule has 164 valence electrons. The van der Waals surface area contributed by atoms with Gasteiger partial charge >= 0.3 is 6.18 Å². The van der Waals surface area contributed by atoms with Gasteiger partial charge in [-0.1, -0.05) is 29.8 Å². The number of amides is 1. The quantitative estimate of drug-likeness (QED) is 0.427. The van der Waals surface area contributed by atoms with Crippen molar-refractivity contribution in [3.63, 3.8) is 0 Å². The lowest BCUT2D eigenvalue weighted by Crippen LogP contribution is -2.24. The van der Waals surface area contributed by atoms with E-state index in [-0.39, 0.29) is 21.7 Å². The first-order valence-electron chi connectivity index (χ1n) is 8.48. The molecule has 0 aliphatic rings.